The average Bonchev–Trinajstić information content (AvgIpc) is 2.67. The number of hydrogen-bond acceptors (Lipinski definition) is 5. The summed E-state index contributed by atoms with van der Waals surface area (Å²) in [5.41, 5.74) is 1.72. The van der Waals surface area contributed by atoms with Gasteiger partial charge in [0, 0.05) is 12.6 Å². The summed E-state index contributed by atoms with van der Waals surface area (Å²) in [6, 6.07) is 3.70. The second-order valence-corrected chi connectivity index (χ2v) is 9.53. The van der Waals surface area contributed by atoms with Crippen molar-refractivity contribution in [3.63, 3.8) is 0 Å². The van der Waals surface area contributed by atoms with Gasteiger partial charge in [-0.1, -0.05) is 31.5 Å². The molecule has 3 N–H and O–H groups in total. The Morgan fingerprint density at radius 3 is 2.15 bits per heavy atom. The molecule has 0 aliphatic carbocycles. The number of rotatable bonds is 10. The van der Waals surface area contributed by atoms with Gasteiger partial charge in [-0.3, -0.25) is 9.59 Å². The van der Waals surface area contributed by atoms with E-state index in [2.05, 4.69) is 10.6 Å². The topological polar surface area (TPSA) is 108 Å². The van der Waals surface area contributed by atoms with E-state index in [0.717, 1.165) is 24.0 Å². The normalized spacial score (nSPS) is 14.1. The van der Waals surface area contributed by atoms with E-state index in [0.29, 0.717) is 5.56 Å². The molecule has 8 heteroatoms. The number of aryl methyl sites for hydroxylation is 2. The van der Waals surface area contributed by atoms with Gasteiger partial charge >= 0.3 is 6.09 Å². The number of aliphatic hydroxyl groups is 1. The van der Waals surface area contributed by atoms with Crippen molar-refractivity contribution in [1.82, 2.24) is 15.5 Å². The Kier molecular flexibility index (Phi) is 10.8. The molecule has 0 heterocycles. The molecular formula is C25H41N3O5. The molecule has 3 unspecified atom stereocenters. The SMILES string of the molecule is CCCC(C)NC(=O)C(c1c(C)cccc1C)N(CCO)C(=O)C(C)NC(=O)OC(C)(C)C. The molecule has 0 aliphatic heterocycles. The van der Waals surface area contributed by atoms with Crippen LogP contribution in [0.5, 0.6) is 0 Å². The van der Waals surface area contributed by atoms with E-state index in [-0.39, 0.29) is 25.1 Å². The number of nitrogens with one attached hydrogen (secondary N) is 2. The van der Waals surface area contributed by atoms with Gasteiger partial charge in [0.2, 0.25) is 11.8 Å². The molecule has 0 saturated heterocycles. The number of alkyl carbamates (subject to hydrolysis) is 1. The zero-order valence-electron chi connectivity index (χ0n) is 21.3. The van der Waals surface area contributed by atoms with Gasteiger partial charge in [-0.15, -0.1) is 0 Å². The summed E-state index contributed by atoms with van der Waals surface area (Å²) in [6.45, 7) is 14.1. The van der Waals surface area contributed by atoms with Gasteiger partial charge < -0.3 is 25.4 Å². The molecule has 33 heavy (non-hydrogen) atoms. The monoisotopic (exact) mass is 463 g/mol. The van der Waals surface area contributed by atoms with E-state index in [1.807, 2.05) is 45.9 Å². The Labute approximate surface area is 198 Å². The summed E-state index contributed by atoms with van der Waals surface area (Å²) < 4.78 is 5.26. The quantitative estimate of drug-likeness (QED) is 0.493. The molecule has 0 bridgehead atoms. The van der Waals surface area contributed by atoms with Crippen LogP contribution in [-0.4, -0.2) is 58.8 Å². The zero-order valence-corrected chi connectivity index (χ0v) is 21.3. The molecule has 1 aromatic rings. The van der Waals surface area contributed by atoms with Crippen LogP contribution >= 0.6 is 0 Å². The van der Waals surface area contributed by atoms with Crippen molar-refractivity contribution >= 4 is 17.9 Å². The Morgan fingerprint density at radius 2 is 1.67 bits per heavy atom. The lowest BCUT2D eigenvalue weighted by atomic mass is 9.93. The van der Waals surface area contributed by atoms with E-state index >= 15 is 0 Å². The maximum Gasteiger partial charge on any atom is 0.408 e. The lowest BCUT2D eigenvalue weighted by molar-refractivity contribution is -0.143. The molecular weight excluding hydrogens is 422 g/mol. The number of ether oxygens (including phenoxy) is 1. The first kappa shape index (κ1) is 28.4. The molecule has 186 valence electrons. The van der Waals surface area contributed by atoms with Crippen LogP contribution in [0.15, 0.2) is 18.2 Å². The van der Waals surface area contributed by atoms with Gasteiger partial charge in [0.1, 0.15) is 17.7 Å². The third-order valence-electron chi connectivity index (χ3n) is 5.21. The molecule has 1 aromatic carbocycles. The molecule has 0 fully saturated rings. The Morgan fingerprint density at radius 1 is 1.09 bits per heavy atom. The summed E-state index contributed by atoms with van der Waals surface area (Å²) in [5.74, 6) is -0.805. The number of hydrogen-bond donors (Lipinski definition) is 3. The maximum absolute atomic E-state index is 13.5. The summed E-state index contributed by atoms with van der Waals surface area (Å²) in [4.78, 5) is 40.5. The van der Waals surface area contributed by atoms with Crippen LogP contribution in [0, 0.1) is 13.8 Å². The molecule has 3 amide bonds. The van der Waals surface area contributed by atoms with Crippen molar-refractivity contribution < 1.29 is 24.2 Å². The standard InChI is InChI=1S/C25H41N3O5/c1-9-11-18(4)26-22(30)21(20-16(2)12-10-13-17(20)3)28(14-15-29)23(31)19(5)27-24(32)33-25(6,7)8/h10,12-13,18-19,21,29H,9,11,14-15H2,1-8H3,(H,26,30)(H,27,32). The van der Waals surface area contributed by atoms with Gasteiger partial charge in [0.15, 0.2) is 0 Å². The Hall–Kier alpha value is -2.61. The third kappa shape index (κ3) is 8.68. The number of nitrogens with zero attached hydrogens (tertiary/aromatic N) is 1. The van der Waals surface area contributed by atoms with Crippen molar-refractivity contribution in [2.75, 3.05) is 13.2 Å². The van der Waals surface area contributed by atoms with Crippen LogP contribution in [0.1, 0.15) is 77.1 Å². The number of carbonyl (C=O) groups excluding carboxylic acids is 3. The van der Waals surface area contributed by atoms with Gasteiger partial charge in [-0.25, -0.2) is 4.79 Å². The first-order valence-corrected chi connectivity index (χ1v) is 11.6. The zero-order chi connectivity index (χ0) is 25.3. The number of benzene rings is 1. The molecule has 8 nitrogen and oxygen atoms in total. The summed E-state index contributed by atoms with van der Waals surface area (Å²) in [7, 11) is 0. The highest BCUT2D eigenvalue weighted by Crippen LogP contribution is 2.28. The van der Waals surface area contributed by atoms with Gasteiger partial charge in [0.05, 0.1) is 6.61 Å². The molecule has 0 radical (unpaired) electrons. The van der Waals surface area contributed by atoms with Crippen LogP contribution in [0.3, 0.4) is 0 Å². The molecule has 3 atom stereocenters. The summed E-state index contributed by atoms with van der Waals surface area (Å²) in [6.07, 6.45) is 0.985. The highest BCUT2D eigenvalue weighted by molar-refractivity contribution is 5.92. The second kappa shape index (κ2) is 12.6. The second-order valence-electron chi connectivity index (χ2n) is 9.53. The lowest BCUT2D eigenvalue weighted by Crippen LogP contribution is -2.53. The minimum Gasteiger partial charge on any atom is -0.444 e. The van der Waals surface area contributed by atoms with Crippen molar-refractivity contribution in [2.45, 2.75) is 92.0 Å². The fraction of sp³-hybridized carbons (Fsp3) is 0.640. The smallest absolute Gasteiger partial charge is 0.408 e. The first-order chi connectivity index (χ1) is 15.3. The van der Waals surface area contributed by atoms with E-state index in [9.17, 15) is 19.5 Å². The van der Waals surface area contributed by atoms with Gasteiger partial charge in [0.25, 0.3) is 0 Å². The van der Waals surface area contributed by atoms with Crippen LogP contribution in [-0.2, 0) is 14.3 Å². The van der Waals surface area contributed by atoms with Crippen molar-refractivity contribution in [2.24, 2.45) is 0 Å². The van der Waals surface area contributed by atoms with Crippen LogP contribution in [0.25, 0.3) is 0 Å². The largest absolute Gasteiger partial charge is 0.444 e. The van der Waals surface area contributed by atoms with E-state index in [4.69, 9.17) is 4.74 Å². The fourth-order valence-electron chi connectivity index (χ4n) is 3.78. The highest BCUT2D eigenvalue weighted by atomic mass is 16.6. The number of amides is 3. The summed E-state index contributed by atoms with van der Waals surface area (Å²) in [5, 5.41) is 15.3. The molecule has 0 spiro atoms. The van der Waals surface area contributed by atoms with E-state index in [1.54, 1.807) is 20.8 Å². The third-order valence-corrected chi connectivity index (χ3v) is 5.21. The maximum atomic E-state index is 13.5. The first-order valence-electron chi connectivity index (χ1n) is 11.6. The molecule has 0 saturated carbocycles. The molecule has 0 aromatic heterocycles. The molecule has 0 aliphatic rings. The highest BCUT2D eigenvalue weighted by Gasteiger charge is 2.36. The number of carbonyl (C=O) groups is 3. The van der Waals surface area contributed by atoms with E-state index < -0.39 is 29.7 Å². The van der Waals surface area contributed by atoms with Crippen molar-refractivity contribution in [3.05, 3.63) is 34.9 Å². The van der Waals surface area contributed by atoms with Crippen LogP contribution in [0.4, 0.5) is 4.79 Å². The Balaban J connectivity index is 3.36. The Bertz CT molecular complexity index is 799. The predicted molar refractivity (Wildman–Crippen MR) is 129 cm³/mol. The average molecular weight is 464 g/mol. The minimum atomic E-state index is -0.959. The van der Waals surface area contributed by atoms with Crippen molar-refractivity contribution in [1.29, 1.82) is 0 Å². The van der Waals surface area contributed by atoms with Crippen LogP contribution in [0.2, 0.25) is 0 Å². The van der Waals surface area contributed by atoms with Crippen molar-refractivity contribution in [3.8, 4) is 0 Å². The predicted octanol–water partition coefficient (Wildman–Crippen LogP) is 3.38. The number of aliphatic hydroxyl groups excluding tert-OH is 1. The fourth-order valence-corrected chi connectivity index (χ4v) is 3.78. The van der Waals surface area contributed by atoms with Gasteiger partial charge in [-0.05, 0) is 71.6 Å². The minimum absolute atomic E-state index is 0.0623. The lowest BCUT2D eigenvalue weighted by Gasteiger charge is -2.35. The van der Waals surface area contributed by atoms with E-state index in [1.165, 1.54) is 11.8 Å². The molecule has 1 rings (SSSR count). The van der Waals surface area contributed by atoms with Crippen LogP contribution < -0.4 is 10.6 Å². The van der Waals surface area contributed by atoms with Gasteiger partial charge in [-0.2, -0.15) is 0 Å². The summed E-state index contributed by atoms with van der Waals surface area (Å²) >= 11 is 0.